The van der Waals surface area contributed by atoms with Crippen molar-refractivity contribution in [1.29, 1.82) is 0 Å². The highest BCUT2D eigenvalue weighted by molar-refractivity contribution is 5.68. The van der Waals surface area contributed by atoms with E-state index in [0.29, 0.717) is 6.54 Å². The molecule has 88 valence electrons. The van der Waals surface area contributed by atoms with Crippen LogP contribution in [-0.4, -0.2) is 12.1 Å². The SMILES string of the molecule is COc1ccc(-c2cncc(C)c2)c(CN)c1. The van der Waals surface area contributed by atoms with Crippen LogP contribution in [0.2, 0.25) is 0 Å². The van der Waals surface area contributed by atoms with Crippen molar-refractivity contribution in [1.82, 2.24) is 4.98 Å². The van der Waals surface area contributed by atoms with E-state index in [2.05, 4.69) is 11.1 Å². The number of rotatable bonds is 3. The first-order valence-corrected chi connectivity index (χ1v) is 5.53. The molecular formula is C14H16N2O. The van der Waals surface area contributed by atoms with Crippen molar-refractivity contribution in [3.8, 4) is 16.9 Å². The first kappa shape index (κ1) is 11.6. The fraction of sp³-hybridized carbons (Fsp3) is 0.214. The average molecular weight is 228 g/mol. The fourth-order valence-electron chi connectivity index (χ4n) is 1.85. The van der Waals surface area contributed by atoms with E-state index in [1.165, 1.54) is 0 Å². The number of hydrogen-bond acceptors (Lipinski definition) is 3. The molecule has 1 heterocycles. The lowest BCUT2D eigenvalue weighted by atomic mass is 10.00. The van der Waals surface area contributed by atoms with Gasteiger partial charge in [-0.15, -0.1) is 0 Å². The Labute approximate surface area is 101 Å². The zero-order chi connectivity index (χ0) is 12.3. The number of methoxy groups -OCH3 is 1. The Morgan fingerprint density at radius 1 is 1.24 bits per heavy atom. The summed E-state index contributed by atoms with van der Waals surface area (Å²) in [7, 11) is 1.66. The molecule has 0 radical (unpaired) electrons. The zero-order valence-electron chi connectivity index (χ0n) is 10.1. The molecule has 0 aliphatic heterocycles. The Bertz CT molecular complexity index is 523. The third-order valence-electron chi connectivity index (χ3n) is 2.72. The lowest BCUT2D eigenvalue weighted by molar-refractivity contribution is 0.414. The number of aryl methyl sites for hydroxylation is 1. The highest BCUT2D eigenvalue weighted by Crippen LogP contribution is 2.27. The molecule has 0 saturated carbocycles. The molecule has 0 amide bonds. The summed E-state index contributed by atoms with van der Waals surface area (Å²) in [5, 5.41) is 0. The van der Waals surface area contributed by atoms with E-state index in [9.17, 15) is 0 Å². The quantitative estimate of drug-likeness (QED) is 0.878. The highest BCUT2D eigenvalue weighted by atomic mass is 16.5. The average Bonchev–Trinajstić information content (AvgIpc) is 2.38. The van der Waals surface area contributed by atoms with Gasteiger partial charge in [0.25, 0.3) is 0 Å². The van der Waals surface area contributed by atoms with Gasteiger partial charge in [0.15, 0.2) is 0 Å². The van der Waals surface area contributed by atoms with Gasteiger partial charge in [-0.1, -0.05) is 6.07 Å². The molecule has 1 aromatic carbocycles. The van der Waals surface area contributed by atoms with Gasteiger partial charge < -0.3 is 10.5 Å². The van der Waals surface area contributed by atoms with Crippen LogP contribution in [0.15, 0.2) is 36.7 Å². The highest BCUT2D eigenvalue weighted by Gasteiger charge is 2.06. The standard InChI is InChI=1S/C14H16N2O/c1-10-5-12(9-16-8-10)14-4-3-13(17-2)6-11(14)7-15/h3-6,8-9H,7,15H2,1-2H3. The van der Waals surface area contributed by atoms with Crippen molar-refractivity contribution < 1.29 is 4.74 Å². The first-order valence-electron chi connectivity index (χ1n) is 5.53. The Morgan fingerprint density at radius 3 is 2.71 bits per heavy atom. The maximum absolute atomic E-state index is 5.77. The van der Waals surface area contributed by atoms with Gasteiger partial charge in [-0.05, 0) is 41.8 Å². The van der Waals surface area contributed by atoms with Gasteiger partial charge in [0.2, 0.25) is 0 Å². The second-order valence-electron chi connectivity index (χ2n) is 3.98. The molecule has 0 aliphatic carbocycles. The molecule has 0 aliphatic rings. The normalized spacial score (nSPS) is 10.3. The van der Waals surface area contributed by atoms with E-state index in [-0.39, 0.29) is 0 Å². The minimum absolute atomic E-state index is 0.487. The molecule has 1 aromatic heterocycles. The molecule has 0 saturated heterocycles. The van der Waals surface area contributed by atoms with Gasteiger partial charge in [-0.25, -0.2) is 0 Å². The number of nitrogens with zero attached hydrogens (tertiary/aromatic N) is 1. The van der Waals surface area contributed by atoms with Crippen LogP contribution in [0, 0.1) is 6.92 Å². The molecule has 2 N–H and O–H groups in total. The Kier molecular flexibility index (Phi) is 3.40. The summed E-state index contributed by atoms with van der Waals surface area (Å²) in [6.07, 6.45) is 3.70. The summed E-state index contributed by atoms with van der Waals surface area (Å²) in [5.41, 5.74) is 10.2. The summed E-state index contributed by atoms with van der Waals surface area (Å²) >= 11 is 0. The van der Waals surface area contributed by atoms with Crippen molar-refractivity contribution in [3.63, 3.8) is 0 Å². The summed E-state index contributed by atoms with van der Waals surface area (Å²) < 4.78 is 5.20. The van der Waals surface area contributed by atoms with Crippen molar-refractivity contribution in [3.05, 3.63) is 47.8 Å². The van der Waals surface area contributed by atoms with Crippen LogP contribution in [0.5, 0.6) is 5.75 Å². The lowest BCUT2D eigenvalue weighted by Gasteiger charge is -2.10. The molecule has 2 rings (SSSR count). The largest absolute Gasteiger partial charge is 0.497 e. The number of benzene rings is 1. The second-order valence-corrected chi connectivity index (χ2v) is 3.98. The lowest BCUT2D eigenvalue weighted by Crippen LogP contribution is -2.00. The van der Waals surface area contributed by atoms with Gasteiger partial charge in [0.05, 0.1) is 7.11 Å². The molecular weight excluding hydrogens is 212 g/mol. The number of nitrogens with two attached hydrogens (primary N) is 1. The predicted molar refractivity (Wildman–Crippen MR) is 68.9 cm³/mol. The number of hydrogen-bond donors (Lipinski definition) is 1. The van der Waals surface area contributed by atoms with Gasteiger partial charge in [-0.2, -0.15) is 0 Å². The van der Waals surface area contributed by atoms with Crippen LogP contribution in [0.3, 0.4) is 0 Å². The van der Waals surface area contributed by atoms with Crippen LogP contribution in [0.25, 0.3) is 11.1 Å². The van der Waals surface area contributed by atoms with E-state index in [1.807, 2.05) is 37.5 Å². The monoisotopic (exact) mass is 228 g/mol. The van der Waals surface area contributed by atoms with Crippen LogP contribution < -0.4 is 10.5 Å². The van der Waals surface area contributed by atoms with Crippen molar-refractivity contribution >= 4 is 0 Å². The molecule has 2 aromatic rings. The van der Waals surface area contributed by atoms with Gasteiger partial charge >= 0.3 is 0 Å². The predicted octanol–water partition coefficient (Wildman–Crippen LogP) is 2.52. The van der Waals surface area contributed by atoms with Crippen molar-refractivity contribution in [2.45, 2.75) is 13.5 Å². The van der Waals surface area contributed by atoms with Gasteiger partial charge in [0.1, 0.15) is 5.75 Å². The third-order valence-corrected chi connectivity index (χ3v) is 2.72. The molecule has 0 unspecified atom stereocenters. The molecule has 0 spiro atoms. The van der Waals surface area contributed by atoms with E-state index < -0.39 is 0 Å². The second kappa shape index (κ2) is 4.97. The van der Waals surface area contributed by atoms with E-state index in [1.54, 1.807) is 7.11 Å². The Morgan fingerprint density at radius 2 is 2.06 bits per heavy atom. The molecule has 0 atom stereocenters. The van der Waals surface area contributed by atoms with Crippen molar-refractivity contribution in [2.24, 2.45) is 5.73 Å². The first-order chi connectivity index (χ1) is 8.24. The summed E-state index contributed by atoms with van der Waals surface area (Å²) in [6, 6.07) is 8.04. The molecule has 3 nitrogen and oxygen atoms in total. The Hall–Kier alpha value is -1.87. The topological polar surface area (TPSA) is 48.1 Å². The third kappa shape index (κ3) is 2.45. The molecule has 0 fully saturated rings. The van der Waals surface area contributed by atoms with E-state index in [4.69, 9.17) is 10.5 Å². The van der Waals surface area contributed by atoms with E-state index in [0.717, 1.165) is 28.0 Å². The smallest absolute Gasteiger partial charge is 0.119 e. The molecule has 17 heavy (non-hydrogen) atoms. The van der Waals surface area contributed by atoms with Gasteiger partial charge in [-0.3, -0.25) is 4.98 Å². The molecule has 0 bridgehead atoms. The zero-order valence-corrected chi connectivity index (χ0v) is 10.1. The van der Waals surface area contributed by atoms with Crippen LogP contribution in [0.4, 0.5) is 0 Å². The maximum atomic E-state index is 5.77. The van der Waals surface area contributed by atoms with Crippen molar-refractivity contribution in [2.75, 3.05) is 7.11 Å². The number of ether oxygens (including phenoxy) is 1. The number of pyridine rings is 1. The number of aromatic nitrogens is 1. The van der Waals surface area contributed by atoms with E-state index >= 15 is 0 Å². The summed E-state index contributed by atoms with van der Waals surface area (Å²) in [4.78, 5) is 4.21. The maximum Gasteiger partial charge on any atom is 0.119 e. The van der Waals surface area contributed by atoms with Crippen LogP contribution >= 0.6 is 0 Å². The minimum Gasteiger partial charge on any atom is -0.497 e. The fourth-order valence-corrected chi connectivity index (χ4v) is 1.85. The molecule has 3 heteroatoms. The summed E-state index contributed by atoms with van der Waals surface area (Å²) in [5.74, 6) is 0.829. The Balaban J connectivity index is 2.51. The van der Waals surface area contributed by atoms with Crippen LogP contribution in [-0.2, 0) is 6.54 Å². The minimum atomic E-state index is 0.487. The van der Waals surface area contributed by atoms with Crippen LogP contribution in [0.1, 0.15) is 11.1 Å². The summed E-state index contributed by atoms with van der Waals surface area (Å²) in [6.45, 7) is 2.52. The van der Waals surface area contributed by atoms with Gasteiger partial charge in [0, 0.05) is 24.5 Å².